The van der Waals surface area contributed by atoms with Gasteiger partial charge in [0.2, 0.25) is 12.2 Å². The van der Waals surface area contributed by atoms with Gasteiger partial charge in [-0.1, -0.05) is 25.5 Å². The van der Waals surface area contributed by atoms with Gasteiger partial charge in [0.05, 0.1) is 0 Å². The molecule has 1 aromatic heterocycles. The van der Waals surface area contributed by atoms with E-state index in [0.29, 0.717) is 5.69 Å². The Labute approximate surface area is 233 Å². The number of carbonyl (C=O) groups excluding carboxylic acids is 2. The number of amides is 2. The molecule has 2 aliphatic rings. The van der Waals surface area contributed by atoms with Crippen LogP contribution in [-0.2, 0) is 35.0 Å². The molecule has 222 valence electrons. The molecule has 3 heterocycles. The van der Waals surface area contributed by atoms with E-state index in [9.17, 15) is 34.5 Å². The number of H-pyrrole nitrogens is 1. The Kier molecular flexibility index (Phi) is 9.37. The smallest absolute Gasteiger partial charge is 0.330 e. The fourth-order valence-electron chi connectivity index (χ4n) is 4.62. The first-order chi connectivity index (χ1) is 19.5. The summed E-state index contributed by atoms with van der Waals surface area (Å²) >= 11 is 0. The van der Waals surface area contributed by atoms with E-state index in [1.807, 2.05) is 24.0 Å². The molecule has 0 unspecified atom stereocenters. The summed E-state index contributed by atoms with van der Waals surface area (Å²) in [5, 5.41) is 34.3. The molecule has 2 amide bonds. The number of aromatic amines is 1. The number of benzene rings is 1. The van der Waals surface area contributed by atoms with E-state index in [1.165, 1.54) is 7.11 Å². The van der Waals surface area contributed by atoms with E-state index in [-0.39, 0.29) is 0 Å². The Morgan fingerprint density at radius 3 is 2.46 bits per heavy atom. The number of methoxy groups -OCH3 is 1. The van der Waals surface area contributed by atoms with Crippen molar-refractivity contribution in [2.45, 2.75) is 68.9 Å². The third kappa shape index (κ3) is 6.56. The van der Waals surface area contributed by atoms with Crippen LogP contribution in [-0.4, -0.2) is 86.7 Å². The average molecular weight is 577 g/mol. The van der Waals surface area contributed by atoms with Crippen LogP contribution in [0, 0.1) is 0 Å². The average Bonchev–Trinajstić information content (AvgIpc) is 3.25. The Morgan fingerprint density at radius 2 is 1.85 bits per heavy atom. The molecule has 0 saturated carbocycles. The molecule has 1 aromatic carbocycles. The van der Waals surface area contributed by atoms with Crippen molar-refractivity contribution in [3.63, 3.8) is 0 Å². The van der Waals surface area contributed by atoms with Crippen LogP contribution in [0.3, 0.4) is 0 Å². The van der Waals surface area contributed by atoms with Gasteiger partial charge in [0, 0.05) is 25.1 Å². The fraction of sp³-hybridized carbons (Fsp3) is 0.462. The van der Waals surface area contributed by atoms with Gasteiger partial charge in [-0.05, 0) is 30.2 Å². The fourth-order valence-corrected chi connectivity index (χ4v) is 4.62. The third-order valence-electron chi connectivity index (χ3n) is 6.67. The Balaban J connectivity index is 1.52. The zero-order valence-corrected chi connectivity index (χ0v) is 22.2. The second kappa shape index (κ2) is 12.8. The Bertz CT molecular complexity index is 1390. The minimum atomic E-state index is -1.78. The van der Waals surface area contributed by atoms with Crippen LogP contribution in [0.2, 0.25) is 0 Å². The molecule has 2 aliphatic heterocycles. The highest BCUT2D eigenvalue weighted by molar-refractivity contribution is 6.02. The number of nitrogens with one attached hydrogen (secondary N) is 2. The molecule has 0 aliphatic carbocycles. The largest absolute Gasteiger partial charge is 0.456 e. The Hall–Kier alpha value is -3.86. The Morgan fingerprint density at radius 1 is 1.15 bits per heavy atom. The SMILES string of the molecule is CCCc1ccc(NC(=O)C2=C[C@H](O)[C@H](O)[C@@H](O[C@@H](C(N)=O)[C@H]3O[C@@H](n4ccc(=O)[nH]c4=O)[C@H](O)[C@@H]3OC)O2)cc1. The van der Waals surface area contributed by atoms with E-state index in [2.05, 4.69) is 5.32 Å². The normalized spacial score (nSPS) is 28.4. The van der Waals surface area contributed by atoms with Gasteiger partial charge >= 0.3 is 5.69 Å². The maximum absolute atomic E-state index is 12.9. The molecular formula is C26H32N4O11. The molecule has 4 rings (SSSR count). The molecule has 1 fully saturated rings. The van der Waals surface area contributed by atoms with Gasteiger partial charge in [0.25, 0.3) is 11.5 Å². The van der Waals surface area contributed by atoms with Crippen LogP contribution in [0.25, 0.3) is 0 Å². The molecule has 1 saturated heterocycles. The van der Waals surface area contributed by atoms with Gasteiger partial charge < -0.3 is 45.3 Å². The van der Waals surface area contributed by atoms with E-state index in [4.69, 9.17) is 24.7 Å². The van der Waals surface area contributed by atoms with Crippen molar-refractivity contribution >= 4 is 17.5 Å². The van der Waals surface area contributed by atoms with E-state index in [1.54, 1.807) is 12.1 Å². The lowest BCUT2D eigenvalue weighted by Crippen LogP contribution is -2.53. The lowest BCUT2D eigenvalue weighted by Gasteiger charge is -2.35. The molecule has 2 aromatic rings. The minimum Gasteiger partial charge on any atom is -0.456 e. The maximum Gasteiger partial charge on any atom is 0.330 e. The van der Waals surface area contributed by atoms with E-state index in [0.717, 1.165) is 41.3 Å². The monoisotopic (exact) mass is 576 g/mol. The quantitative estimate of drug-likeness (QED) is 0.186. The highest BCUT2D eigenvalue weighted by atomic mass is 16.7. The molecule has 8 atom stereocenters. The predicted octanol–water partition coefficient (Wildman–Crippen LogP) is -1.77. The molecule has 0 radical (unpaired) electrons. The van der Waals surface area contributed by atoms with Crippen molar-refractivity contribution in [1.29, 1.82) is 0 Å². The van der Waals surface area contributed by atoms with Crippen LogP contribution >= 0.6 is 0 Å². The molecule has 0 spiro atoms. The molecular weight excluding hydrogens is 544 g/mol. The number of aryl methyl sites for hydroxylation is 1. The lowest BCUT2D eigenvalue weighted by atomic mass is 10.0. The van der Waals surface area contributed by atoms with Gasteiger partial charge in [-0.15, -0.1) is 0 Å². The summed E-state index contributed by atoms with van der Waals surface area (Å²) in [7, 11) is 1.20. The topological polar surface area (TPSA) is 225 Å². The first-order valence-corrected chi connectivity index (χ1v) is 12.8. The number of ether oxygens (including phenoxy) is 4. The third-order valence-corrected chi connectivity index (χ3v) is 6.67. The zero-order chi connectivity index (χ0) is 29.8. The van der Waals surface area contributed by atoms with Crippen molar-refractivity contribution in [2.24, 2.45) is 5.73 Å². The number of anilines is 1. The lowest BCUT2D eigenvalue weighted by molar-refractivity contribution is -0.241. The summed E-state index contributed by atoms with van der Waals surface area (Å²) in [5.41, 5.74) is 5.51. The minimum absolute atomic E-state index is 0.401. The van der Waals surface area contributed by atoms with Crippen LogP contribution in [0.15, 0.2) is 58.0 Å². The van der Waals surface area contributed by atoms with Crippen molar-refractivity contribution in [1.82, 2.24) is 9.55 Å². The van der Waals surface area contributed by atoms with Crippen molar-refractivity contribution < 1.29 is 43.9 Å². The number of aromatic nitrogens is 2. The predicted molar refractivity (Wildman–Crippen MR) is 140 cm³/mol. The first-order valence-electron chi connectivity index (χ1n) is 12.8. The molecule has 41 heavy (non-hydrogen) atoms. The van der Waals surface area contributed by atoms with Gasteiger partial charge in [-0.2, -0.15) is 0 Å². The van der Waals surface area contributed by atoms with Crippen LogP contribution in [0.1, 0.15) is 25.1 Å². The summed E-state index contributed by atoms with van der Waals surface area (Å²) < 4.78 is 23.0. The van der Waals surface area contributed by atoms with E-state index >= 15 is 0 Å². The molecule has 7 N–H and O–H groups in total. The first kappa shape index (κ1) is 30.1. The molecule has 15 nitrogen and oxygen atoms in total. The van der Waals surface area contributed by atoms with Crippen LogP contribution in [0.4, 0.5) is 5.69 Å². The number of hydrogen-bond donors (Lipinski definition) is 6. The number of primary amides is 1. The van der Waals surface area contributed by atoms with Gasteiger partial charge in [-0.3, -0.25) is 23.9 Å². The second-order valence-corrected chi connectivity index (χ2v) is 9.56. The van der Waals surface area contributed by atoms with Gasteiger partial charge in [-0.25, -0.2) is 4.79 Å². The van der Waals surface area contributed by atoms with E-state index < -0.39 is 78.0 Å². The number of nitrogens with zero attached hydrogens (tertiary/aromatic N) is 1. The highest BCUT2D eigenvalue weighted by Gasteiger charge is 2.52. The zero-order valence-electron chi connectivity index (χ0n) is 22.2. The summed E-state index contributed by atoms with van der Waals surface area (Å²) in [5.74, 6) is -2.29. The maximum atomic E-state index is 12.9. The van der Waals surface area contributed by atoms with Crippen molar-refractivity contribution in [2.75, 3.05) is 12.4 Å². The van der Waals surface area contributed by atoms with Crippen molar-refractivity contribution in [3.05, 3.63) is 74.8 Å². The van der Waals surface area contributed by atoms with Crippen molar-refractivity contribution in [3.8, 4) is 0 Å². The van der Waals surface area contributed by atoms with Gasteiger partial charge in [0.15, 0.2) is 18.1 Å². The van der Waals surface area contributed by atoms with Gasteiger partial charge in [0.1, 0.15) is 30.5 Å². The number of rotatable bonds is 10. The summed E-state index contributed by atoms with van der Waals surface area (Å²) in [4.78, 5) is 51.1. The van der Waals surface area contributed by atoms with Crippen LogP contribution < -0.4 is 22.3 Å². The number of carbonyl (C=O) groups is 2. The molecule has 0 bridgehead atoms. The number of hydrogen-bond acceptors (Lipinski definition) is 11. The summed E-state index contributed by atoms with van der Waals surface area (Å²) in [6.07, 6.45) is -8.72. The number of nitrogens with two attached hydrogens (primary N) is 1. The number of aliphatic hydroxyl groups is 3. The summed E-state index contributed by atoms with van der Waals surface area (Å²) in [6.45, 7) is 2.05. The second-order valence-electron chi connectivity index (χ2n) is 9.56. The number of aliphatic hydroxyl groups excluding tert-OH is 3. The highest BCUT2D eigenvalue weighted by Crippen LogP contribution is 2.34. The standard InChI is InChI=1S/C26H32N4O11/c1-3-4-12-5-7-13(8-6-12)28-23(36)15-11-14(31)17(33)25(39-15)41-21(22(27)35)20-19(38-2)18(34)24(40-20)30-10-9-16(32)29-26(30)37/h5-11,14,17-21,24-25,31,33-34H,3-4H2,1-2H3,(H2,27,35)(H,28,36)(H,29,32,37)/t14-,17-,18+,19-,20-,21+,24+,25+/m0/s1. The van der Waals surface area contributed by atoms with Crippen LogP contribution in [0.5, 0.6) is 0 Å². The summed E-state index contributed by atoms with van der Waals surface area (Å²) in [6, 6.07) is 8.14. The molecule has 15 heteroatoms.